The first-order valence-electron chi connectivity index (χ1n) is 18.0. The van der Waals surface area contributed by atoms with Crippen molar-refractivity contribution in [3.8, 4) is 11.5 Å². The number of aryl methyl sites for hydroxylation is 1. The molecule has 1 atom stereocenters. The Morgan fingerprint density at radius 1 is 0.774 bits per heavy atom. The molecule has 3 N–H and O–H groups in total. The molecule has 0 saturated carbocycles. The second kappa shape index (κ2) is 17.1. The normalized spacial score (nSPS) is 15.8. The minimum atomic E-state index is -3.67. The number of aromatic nitrogens is 1. The van der Waals surface area contributed by atoms with Crippen molar-refractivity contribution in [1.29, 1.82) is 0 Å². The Morgan fingerprint density at radius 3 is 1.91 bits per heavy atom. The highest BCUT2D eigenvalue weighted by Gasteiger charge is 2.30. The van der Waals surface area contributed by atoms with Gasteiger partial charge in [-0.1, -0.05) is 66.2 Å². The van der Waals surface area contributed by atoms with Crippen molar-refractivity contribution >= 4 is 44.2 Å². The smallest absolute Gasteiger partial charge is 0.270 e. The summed E-state index contributed by atoms with van der Waals surface area (Å²) >= 11 is 6.50. The number of fused-ring (bicyclic) bond motifs is 1. The van der Waals surface area contributed by atoms with E-state index in [1.54, 1.807) is 24.3 Å². The maximum absolute atomic E-state index is 14.3. The van der Waals surface area contributed by atoms with Gasteiger partial charge in [-0.3, -0.25) is 9.35 Å². The first-order chi connectivity index (χ1) is 25.4. The monoisotopic (exact) mass is 758 g/mol. The van der Waals surface area contributed by atoms with Crippen LogP contribution in [0.3, 0.4) is 0 Å². The van der Waals surface area contributed by atoms with Gasteiger partial charge in [-0.25, -0.2) is 0 Å². The Bertz CT molecular complexity index is 2040. The molecule has 2 aliphatic heterocycles. The van der Waals surface area contributed by atoms with E-state index in [2.05, 4.69) is 32.6 Å². The van der Waals surface area contributed by atoms with Crippen molar-refractivity contribution in [1.82, 2.24) is 14.4 Å². The van der Waals surface area contributed by atoms with Crippen molar-refractivity contribution in [2.75, 3.05) is 57.0 Å². The molecular weight excluding hydrogens is 712 g/mol. The number of anilines is 1. The topological polar surface area (TPSA) is 127 Å². The van der Waals surface area contributed by atoms with Crippen LogP contribution in [-0.2, 0) is 16.7 Å². The number of halogens is 1. The van der Waals surface area contributed by atoms with Gasteiger partial charge in [0.25, 0.3) is 16.0 Å². The van der Waals surface area contributed by atoms with E-state index < -0.39 is 10.1 Å². The molecule has 12 heteroatoms. The molecule has 5 aromatic rings. The van der Waals surface area contributed by atoms with Gasteiger partial charge in [0.2, 0.25) is 0 Å². The highest BCUT2D eigenvalue weighted by molar-refractivity contribution is 7.85. The number of aromatic hydroxyl groups is 2. The SMILES string of the molecule is CS(=O)(=O)O.O=C(c1cc2ccccc2n1CCC(CN1CCCC1)C(c1ccc(O)cc1)c1ccc(O)cc1)N1CCN(c2ccccc2Cl)CC1. The van der Waals surface area contributed by atoms with Crippen molar-refractivity contribution in [2.45, 2.75) is 31.7 Å². The van der Waals surface area contributed by atoms with Gasteiger partial charge in [-0.15, -0.1) is 0 Å². The largest absolute Gasteiger partial charge is 0.508 e. The molecular formula is C41H47ClN4O6S. The lowest BCUT2D eigenvalue weighted by atomic mass is 9.78. The fourth-order valence-electron chi connectivity index (χ4n) is 7.70. The van der Waals surface area contributed by atoms with Gasteiger partial charge < -0.3 is 29.5 Å². The van der Waals surface area contributed by atoms with Gasteiger partial charge in [0.1, 0.15) is 17.2 Å². The minimum Gasteiger partial charge on any atom is -0.508 e. The van der Waals surface area contributed by atoms with Gasteiger partial charge in [-0.05, 0) is 97.9 Å². The quantitative estimate of drug-likeness (QED) is 0.129. The predicted octanol–water partition coefficient (Wildman–Crippen LogP) is 7.11. The van der Waals surface area contributed by atoms with Crippen LogP contribution in [0, 0.1) is 5.92 Å². The molecule has 4 aromatic carbocycles. The zero-order valence-corrected chi connectivity index (χ0v) is 31.5. The van der Waals surface area contributed by atoms with Crippen LogP contribution in [0.1, 0.15) is 46.8 Å². The highest BCUT2D eigenvalue weighted by Crippen LogP contribution is 2.38. The van der Waals surface area contributed by atoms with Crippen molar-refractivity contribution in [2.24, 2.45) is 5.92 Å². The number of hydrogen-bond donors (Lipinski definition) is 3. The van der Waals surface area contributed by atoms with Gasteiger partial charge in [0, 0.05) is 56.1 Å². The van der Waals surface area contributed by atoms with E-state index in [0.717, 1.165) is 77.6 Å². The number of piperazine rings is 1. The first kappa shape index (κ1) is 38.2. The predicted molar refractivity (Wildman–Crippen MR) is 211 cm³/mol. The standard InChI is InChI=1S/C40H43ClN4O3.CH4O3S/c41-35-8-2-4-10-37(35)43-23-25-44(26-24-43)40(48)38-27-31-7-1-3-9-36(31)45(38)22-19-32(28-42-20-5-6-21-42)39(29-11-15-33(46)16-12-29)30-13-17-34(47)18-14-30;1-5(2,3)4/h1-4,7-18,27,32,39,46-47H,5-6,19-26,28H2;1H3,(H,2,3,4). The summed E-state index contributed by atoms with van der Waals surface area (Å²) in [6, 6.07) is 33.4. The van der Waals surface area contributed by atoms with Crippen LogP contribution in [0.2, 0.25) is 5.02 Å². The fourth-order valence-corrected chi connectivity index (χ4v) is 7.96. The maximum Gasteiger partial charge on any atom is 0.270 e. The number of para-hydroxylation sites is 2. The molecule has 0 bridgehead atoms. The number of likely N-dealkylation sites (tertiary alicyclic amines) is 1. The number of phenolic OH excluding ortho intramolecular Hbond substituents is 2. The van der Waals surface area contributed by atoms with E-state index in [-0.39, 0.29) is 29.2 Å². The number of benzene rings is 4. The molecule has 0 aliphatic carbocycles. The molecule has 1 aromatic heterocycles. The third-order valence-corrected chi connectivity index (χ3v) is 10.5. The van der Waals surface area contributed by atoms with Gasteiger partial charge in [0.15, 0.2) is 0 Å². The molecule has 0 spiro atoms. The summed E-state index contributed by atoms with van der Waals surface area (Å²) in [4.78, 5) is 21.1. The summed E-state index contributed by atoms with van der Waals surface area (Å²) in [7, 11) is -3.67. The number of hydrogen-bond acceptors (Lipinski definition) is 7. The van der Waals surface area contributed by atoms with E-state index in [4.69, 9.17) is 16.2 Å². The summed E-state index contributed by atoms with van der Waals surface area (Å²) in [6.07, 6.45) is 3.98. The Kier molecular flexibility index (Phi) is 12.3. The van der Waals surface area contributed by atoms with Gasteiger partial charge in [-0.2, -0.15) is 8.42 Å². The number of phenols is 2. The summed E-state index contributed by atoms with van der Waals surface area (Å²) in [5.41, 5.74) is 5.08. The number of carbonyl (C=O) groups excluding carboxylic acids is 1. The van der Waals surface area contributed by atoms with Crippen molar-refractivity contribution in [3.63, 3.8) is 0 Å². The fraction of sp³-hybridized carbons (Fsp3) is 0.341. The third kappa shape index (κ3) is 9.91. The van der Waals surface area contributed by atoms with E-state index in [0.29, 0.717) is 25.9 Å². The number of rotatable bonds is 10. The van der Waals surface area contributed by atoms with Crippen LogP contribution in [0.4, 0.5) is 5.69 Å². The molecule has 10 nitrogen and oxygen atoms in total. The van der Waals surface area contributed by atoms with Crippen LogP contribution in [-0.4, -0.2) is 95.5 Å². The zero-order chi connectivity index (χ0) is 37.5. The lowest BCUT2D eigenvalue weighted by Crippen LogP contribution is -2.49. The zero-order valence-electron chi connectivity index (χ0n) is 29.9. The second-order valence-corrected chi connectivity index (χ2v) is 15.8. The summed E-state index contributed by atoms with van der Waals surface area (Å²) in [5.74, 6) is 0.823. The van der Waals surface area contributed by atoms with Crippen LogP contribution < -0.4 is 4.90 Å². The molecule has 7 rings (SSSR count). The molecule has 2 aliphatic rings. The van der Waals surface area contributed by atoms with Crippen LogP contribution in [0.5, 0.6) is 11.5 Å². The second-order valence-electron chi connectivity index (χ2n) is 13.9. The lowest BCUT2D eigenvalue weighted by molar-refractivity contribution is 0.0735. The maximum atomic E-state index is 14.3. The molecule has 3 heterocycles. The third-order valence-electron chi connectivity index (χ3n) is 10.2. The number of amides is 1. The average Bonchev–Trinajstić information content (AvgIpc) is 3.79. The molecule has 280 valence electrons. The van der Waals surface area contributed by atoms with Crippen LogP contribution >= 0.6 is 11.6 Å². The Morgan fingerprint density at radius 2 is 1.32 bits per heavy atom. The van der Waals surface area contributed by atoms with Crippen molar-refractivity contribution in [3.05, 3.63) is 125 Å². The highest BCUT2D eigenvalue weighted by atomic mass is 35.5. The van der Waals surface area contributed by atoms with Gasteiger partial charge in [0.05, 0.1) is 17.0 Å². The minimum absolute atomic E-state index is 0.0469. The van der Waals surface area contributed by atoms with Gasteiger partial charge >= 0.3 is 0 Å². The van der Waals surface area contributed by atoms with Crippen LogP contribution in [0.25, 0.3) is 10.9 Å². The van der Waals surface area contributed by atoms with Crippen molar-refractivity contribution < 1.29 is 28.0 Å². The van der Waals surface area contributed by atoms with E-state index in [1.165, 1.54) is 12.8 Å². The Hall–Kier alpha value is -4.55. The molecule has 1 unspecified atom stereocenters. The summed E-state index contributed by atoms with van der Waals surface area (Å²) < 4.78 is 28.1. The van der Waals surface area contributed by atoms with E-state index >= 15 is 0 Å². The summed E-state index contributed by atoms with van der Waals surface area (Å²) in [6.45, 7) is 6.52. The molecule has 0 radical (unpaired) electrons. The Balaban J connectivity index is 0.000000902. The molecule has 2 fully saturated rings. The molecule has 53 heavy (non-hydrogen) atoms. The van der Waals surface area contributed by atoms with E-state index in [9.17, 15) is 23.4 Å². The molecule has 2 saturated heterocycles. The average molecular weight is 759 g/mol. The number of carbonyl (C=O) groups is 1. The Labute approximate surface area is 316 Å². The molecule has 1 amide bonds. The van der Waals surface area contributed by atoms with Crippen LogP contribution in [0.15, 0.2) is 103 Å². The lowest BCUT2D eigenvalue weighted by Gasteiger charge is -2.36. The number of nitrogens with zero attached hydrogens (tertiary/aromatic N) is 4. The summed E-state index contributed by atoms with van der Waals surface area (Å²) in [5, 5.41) is 22.1. The van der Waals surface area contributed by atoms with E-state index in [1.807, 2.05) is 65.6 Å². The first-order valence-corrected chi connectivity index (χ1v) is 20.3.